The molecular weight excluding hydrogens is 926 g/mol. The summed E-state index contributed by atoms with van der Waals surface area (Å²) in [6, 6.07) is 44.1. The number of rotatable bonds is 6. The van der Waals surface area contributed by atoms with Gasteiger partial charge in [-0.05, 0) is 82.5 Å². The Bertz CT molecular complexity index is 3110. The first-order chi connectivity index (χ1) is 30.8. The number of hydrogen-bond acceptors (Lipinski definition) is 3. The summed E-state index contributed by atoms with van der Waals surface area (Å²) in [5.41, 5.74) is 11.6. The third-order valence-electron chi connectivity index (χ3n) is 11.3. The molecule has 0 aliphatic heterocycles. The van der Waals surface area contributed by atoms with E-state index >= 15 is 0 Å². The Kier molecular flexibility index (Phi) is 9.69. The average Bonchev–Trinajstić information content (AvgIpc) is 3.64. The molecule has 2 heterocycles. The van der Waals surface area contributed by atoms with Crippen LogP contribution in [0.5, 0.6) is 5.75 Å². The Labute approximate surface area is 385 Å². The van der Waals surface area contributed by atoms with Crippen molar-refractivity contribution in [1.29, 1.82) is 0 Å². The van der Waals surface area contributed by atoms with Gasteiger partial charge in [-0.3, -0.25) is 9.55 Å². The minimum absolute atomic E-state index is 0. The molecule has 4 nitrogen and oxygen atoms in total. The standard InChI is InChI=1S/C56H56N3O.Pt/c1-35-20-23-37(24-21-35)39-26-27-57-48(32-39)41-29-40(30-42(31-41)54(3,4)5)44-18-15-19-50-51(44)58-53(46-33-43(55(6,7)8)34-47(52(46)60)56(9,10)11)59(50)49-25-22-36(2)28-45(49)38-16-13-12-14-17-38;/h12-28,30-34,60H,1-11H3;/q-1;/i1D3,2D3;. The molecule has 0 aliphatic carbocycles. The van der Waals surface area contributed by atoms with Crippen molar-refractivity contribution in [3.8, 4) is 67.5 Å². The number of phenols is 1. The number of phenolic OH excluding ortho intramolecular Hbond substituents is 1. The summed E-state index contributed by atoms with van der Waals surface area (Å²) in [6.45, 7) is 14.7. The summed E-state index contributed by atoms with van der Waals surface area (Å²) in [7, 11) is 0. The molecule has 0 saturated heterocycles. The van der Waals surface area contributed by atoms with Gasteiger partial charge in [0.1, 0.15) is 11.6 Å². The van der Waals surface area contributed by atoms with Crippen molar-refractivity contribution < 1.29 is 34.4 Å². The normalized spacial score (nSPS) is 14.0. The first-order valence-electron chi connectivity index (χ1n) is 23.5. The molecule has 312 valence electrons. The fourth-order valence-electron chi connectivity index (χ4n) is 7.84. The summed E-state index contributed by atoms with van der Waals surface area (Å²) in [6.07, 6.45) is 1.76. The van der Waals surface area contributed by atoms with Crippen molar-refractivity contribution in [1.82, 2.24) is 14.5 Å². The van der Waals surface area contributed by atoms with Gasteiger partial charge < -0.3 is 5.11 Å². The van der Waals surface area contributed by atoms with Crippen LogP contribution in [-0.4, -0.2) is 19.6 Å². The maximum Gasteiger partial charge on any atom is 0.148 e. The Morgan fingerprint density at radius 1 is 0.574 bits per heavy atom. The smallest absolute Gasteiger partial charge is 0.148 e. The van der Waals surface area contributed by atoms with Crippen LogP contribution in [0.25, 0.3) is 72.7 Å². The molecule has 0 aliphatic rings. The monoisotopic (exact) mass is 987 g/mol. The molecule has 0 atom stereocenters. The molecule has 5 heteroatoms. The van der Waals surface area contributed by atoms with E-state index in [4.69, 9.17) is 18.2 Å². The molecule has 2 aromatic heterocycles. The van der Waals surface area contributed by atoms with Crippen LogP contribution in [0, 0.1) is 19.8 Å². The van der Waals surface area contributed by atoms with Gasteiger partial charge >= 0.3 is 0 Å². The summed E-state index contributed by atoms with van der Waals surface area (Å²) in [5, 5.41) is 12.5. The van der Waals surface area contributed by atoms with Gasteiger partial charge in [-0.15, -0.1) is 29.3 Å². The second-order valence-electron chi connectivity index (χ2n) is 18.9. The zero-order valence-electron chi connectivity index (χ0n) is 42.3. The molecule has 8 rings (SSSR count). The molecule has 0 bridgehead atoms. The van der Waals surface area contributed by atoms with Gasteiger partial charge in [0.25, 0.3) is 0 Å². The second-order valence-corrected chi connectivity index (χ2v) is 18.9. The van der Waals surface area contributed by atoms with E-state index in [1.807, 2.05) is 84.9 Å². The van der Waals surface area contributed by atoms with Crippen LogP contribution in [0.3, 0.4) is 0 Å². The van der Waals surface area contributed by atoms with Crippen molar-refractivity contribution >= 4 is 11.0 Å². The number of nitrogens with zero attached hydrogens (tertiary/aromatic N) is 3. The van der Waals surface area contributed by atoms with Crippen molar-refractivity contribution in [3.05, 3.63) is 167 Å². The van der Waals surface area contributed by atoms with E-state index in [2.05, 4.69) is 91.1 Å². The minimum atomic E-state index is -2.35. The van der Waals surface area contributed by atoms with E-state index in [-0.39, 0.29) is 48.8 Å². The molecule has 0 fully saturated rings. The van der Waals surface area contributed by atoms with E-state index < -0.39 is 19.1 Å². The van der Waals surface area contributed by atoms with Crippen LogP contribution in [0.4, 0.5) is 0 Å². The van der Waals surface area contributed by atoms with Gasteiger partial charge in [0.15, 0.2) is 0 Å². The number of para-hydroxylation sites is 1. The number of imidazole rings is 1. The van der Waals surface area contributed by atoms with Gasteiger partial charge in [0.2, 0.25) is 0 Å². The van der Waals surface area contributed by atoms with Gasteiger partial charge in [-0.1, -0.05) is 169 Å². The van der Waals surface area contributed by atoms with E-state index in [0.29, 0.717) is 33.8 Å². The third kappa shape index (κ3) is 8.66. The van der Waals surface area contributed by atoms with Crippen LogP contribution >= 0.6 is 0 Å². The van der Waals surface area contributed by atoms with Crippen LogP contribution in [0.2, 0.25) is 0 Å². The molecule has 6 aromatic carbocycles. The van der Waals surface area contributed by atoms with Crippen molar-refractivity contribution in [2.75, 3.05) is 0 Å². The third-order valence-corrected chi connectivity index (χ3v) is 11.3. The molecule has 0 spiro atoms. The van der Waals surface area contributed by atoms with Gasteiger partial charge in [-0.2, -0.15) is 0 Å². The molecule has 0 radical (unpaired) electrons. The van der Waals surface area contributed by atoms with Crippen molar-refractivity contribution in [3.63, 3.8) is 0 Å². The van der Waals surface area contributed by atoms with Gasteiger partial charge in [0.05, 0.1) is 22.3 Å². The van der Waals surface area contributed by atoms with Crippen LogP contribution in [0.15, 0.2) is 134 Å². The van der Waals surface area contributed by atoms with E-state index in [9.17, 15) is 5.11 Å². The molecule has 1 N–H and O–H groups in total. The van der Waals surface area contributed by atoms with Gasteiger partial charge in [-0.25, -0.2) is 4.98 Å². The predicted octanol–water partition coefficient (Wildman–Crippen LogP) is 14.8. The summed E-state index contributed by atoms with van der Waals surface area (Å²) in [5.74, 6) is 0.646. The Morgan fingerprint density at radius 2 is 1.25 bits per heavy atom. The predicted molar refractivity (Wildman–Crippen MR) is 252 cm³/mol. The molecule has 0 unspecified atom stereocenters. The largest absolute Gasteiger partial charge is 0.507 e. The molecule has 0 saturated carbocycles. The number of hydrogen-bond donors (Lipinski definition) is 1. The number of aromatic nitrogens is 3. The zero-order valence-corrected chi connectivity index (χ0v) is 38.6. The summed E-state index contributed by atoms with van der Waals surface area (Å²) >= 11 is 0. The summed E-state index contributed by atoms with van der Waals surface area (Å²) < 4.78 is 50.7. The number of fused-ring (bicyclic) bond motifs is 1. The van der Waals surface area contributed by atoms with Crippen molar-refractivity contribution in [2.45, 2.75) is 92.3 Å². The average molecular weight is 988 g/mol. The molecule has 61 heavy (non-hydrogen) atoms. The molecule has 0 amide bonds. The van der Waals surface area contributed by atoms with E-state index in [0.717, 1.165) is 55.6 Å². The minimum Gasteiger partial charge on any atom is -0.507 e. The Balaban J connectivity index is 0.00000666. The SMILES string of the molecule is [2H]C([2H])([2H])c1ccc(-c2ccnc(-c3[c-]c(-c4cccc5c4nc(-c4cc(C(C)(C)C)cc(C(C)(C)C)c4O)n5-c4ccc(C([2H])([2H])[2H])cc4-c4ccccc4)cc(C(C)(C)C)c3)c2)cc1.[Pt]. The first kappa shape index (κ1) is 36.1. The van der Waals surface area contributed by atoms with Crippen LogP contribution < -0.4 is 0 Å². The number of benzene rings is 6. The van der Waals surface area contributed by atoms with Crippen LogP contribution in [-0.2, 0) is 37.3 Å². The zero-order chi connectivity index (χ0) is 47.7. The fourth-order valence-corrected chi connectivity index (χ4v) is 7.84. The maximum absolute atomic E-state index is 12.5. The molecular formula is C56H56N3OPt-. The number of aryl methyl sites for hydroxylation is 2. The number of aromatic hydroxyl groups is 1. The maximum atomic E-state index is 12.5. The first-order valence-corrected chi connectivity index (χ1v) is 20.5. The fraction of sp³-hybridized carbons (Fsp3) is 0.250. The van der Waals surface area contributed by atoms with E-state index in [1.165, 1.54) is 0 Å². The van der Waals surface area contributed by atoms with Crippen LogP contribution in [0.1, 0.15) is 98.4 Å². The summed E-state index contributed by atoms with van der Waals surface area (Å²) in [4.78, 5) is 10.4. The topological polar surface area (TPSA) is 50.9 Å². The molecule has 8 aromatic rings. The van der Waals surface area contributed by atoms with Crippen molar-refractivity contribution in [2.24, 2.45) is 0 Å². The second kappa shape index (κ2) is 16.4. The van der Waals surface area contributed by atoms with E-state index in [1.54, 1.807) is 30.5 Å². The van der Waals surface area contributed by atoms with Gasteiger partial charge in [0, 0.05) is 52.3 Å². The number of pyridine rings is 1. The quantitative estimate of drug-likeness (QED) is 0.169. The Morgan fingerprint density at radius 3 is 1.92 bits per heavy atom. The Hall–Kier alpha value is -5.57.